The van der Waals surface area contributed by atoms with Crippen LogP contribution in [0.25, 0.3) is 0 Å². The van der Waals surface area contributed by atoms with E-state index in [1.807, 2.05) is 4.90 Å². The number of anilines is 1. The number of phenols is 1. The van der Waals surface area contributed by atoms with Crippen LogP contribution in [0.3, 0.4) is 0 Å². The predicted octanol–water partition coefficient (Wildman–Crippen LogP) is 0.873. The predicted molar refractivity (Wildman–Crippen MR) is 68.0 cm³/mol. The van der Waals surface area contributed by atoms with Crippen LogP contribution in [0, 0.1) is 0 Å². The third kappa shape index (κ3) is 2.30. The number of amides is 1. The summed E-state index contributed by atoms with van der Waals surface area (Å²) >= 11 is 0. The van der Waals surface area contributed by atoms with E-state index in [0.717, 1.165) is 12.2 Å². The molecule has 18 heavy (non-hydrogen) atoms. The summed E-state index contributed by atoms with van der Waals surface area (Å²) in [7, 11) is 1.77. The molecule has 1 saturated heterocycles. The van der Waals surface area contributed by atoms with Crippen LogP contribution in [0.4, 0.5) is 5.69 Å². The van der Waals surface area contributed by atoms with E-state index in [0.29, 0.717) is 18.7 Å². The van der Waals surface area contributed by atoms with E-state index in [9.17, 15) is 14.7 Å². The van der Waals surface area contributed by atoms with Gasteiger partial charge in [0.25, 0.3) is 0 Å². The number of hydrogen-bond donors (Lipinski definition) is 1. The van der Waals surface area contributed by atoms with Crippen molar-refractivity contribution >= 4 is 17.4 Å². The maximum atomic E-state index is 11.6. The van der Waals surface area contributed by atoms with Crippen molar-refractivity contribution < 1.29 is 14.7 Å². The molecule has 0 saturated carbocycles. The largest absolute Gasteiger partial charge is 0.507 e. The number of hydrogen-bond acceptors (Lipinski definition) is 4. The number of benzene rings is 1. The topological polar surface area (TPSA) is 60.9 Å². The molecule has 1 N–H and O–H groups in total. The molecule has 2 rings (SSSR count). The van der Waals surface area contributed by atoms with Crippen molar-refractivity contribution in [1.82, 2.24) is 4.90 Å². The number of ketones is 1. The summed E-state index contributed by atoms with van der Waals surface area (Å²) in [4.78, 5) is 26.4. The molecular formula is C13H16N2O3. The number of phenolic OH excluding ortho intramolecular Hbond substituents is 1. The lowest BCUT2D eigenvalue weighted by atomic mass is 10.1. The van der Waals surface area contributed by atoms with Crippen molar-refractivity contribution in [3.63, 3.8) is 0 Å². The summed E-state index contributed by atoms with van der Waals surface area (Å²) in [5, 5.41) is 9.77. The molecule has 1 aromatic rings. The van der Waals surface area contributed by atoms with Gasteiger partial charge in [-0.1, -0.05) is 0 Å². The molecule has 0 radical (unpaired) electrons. The number of likely N-dealkylation sites (N-methyl/N-ethyl adjacent to an activating group) is 1. The molecule has 0 spiro atoms. The highest BCUT2D eigenvalue weighted by Gasteiger charge is 2.21. The summed E-state index contributed by atoms with van der Waals surface area (Å²) in [6.07, 6.45) is 0. The fraction of sp³-hybridized carbons (Fsp3) is 0.385. The SMILES string of the molecule is CC(=O)c1ccc(N2CCN(C)C(=O)C2)cc1O. The molecule has 0 bridgehead atoms. The Morgan fingerprint density at radius 1 is 1.33 bits per heavy atom. The third-order valence-corrected chi connectivity index (χ3v) is 3.18. The van der Waals surface area contributed by atoms with Crippen molar-refractivity contribution in [2.45, 2.75) is 6.92 Å². The van der Waals surface area contributed by atoms with Crippen molar-refractivity contribution in [2.24, 2.45) is 0 Å². The summed E-state index contributed by atoms with van der Waals surface area (Å²) in [6, 6.07) is 4.89. The number of carbonyl (C=O) groups is 2. The number of Topliss-reactive ketones (excluding diaryl/α,β-unsaturated/α-hetero) is 1. The van der Waals surface area contributed by atoms with Gasteiger partial charge < -0.3 is 14.9 Å². The summed E-state index contributed by atoms with van der Waals surface area (Å²) < 4.78 is 0. The van der Waals surface area contributed by atoms with Crippen molar-refractivity contribution in [2.75, 3.05) is 31.6 Å². The molecule has 1 heterocycles. The standard InChI is InChI=1S/C13H16N2O3/c1-9(16)11-4-3-10(7-12(11)17)15-6-5-14(2)13(18)8-15/h3-4,7,17H,5-6,8H2,1-2H3. The van der Waals surface area contributed by atoms with Crippen molar-refractivity contribution in [1.29, 1.82) is 0 Å². The molecular weight excluding hydrogens is 232 g/mol. The zero-order chi connectivity index (χ0) is 13.3. The van der Waals surface area contributed by atoms with E-state index in [1.165, 1.54) is 13.0 Å². The molecule has 0 atom stereocenters. The molecule has 0 aromatic heterocycles. The Bertz CT molecular complexity index is 499. The Kier molecular flexibility index (Phi) is 3.23. The maximum Gasteiger partial charge on any atom is 0.241 e. The lowest BCUT2D eigenvalue weighted by molar-refractivity contribution is -0.129. The molecule has 1 fully saturated rings. The van der Waals surface area contributed by atoms with Crippen LogP contribution in [0.1, 0.15) is 17.3 Å². The Morgan fingerprint density at radius 2 is 2.06 bits per heavy atom. The molecule has 1 aliphatic heterocycles. The van der Waals surface area contributed by atoms with Gasteiger partial charge in [-0.25, -0.2) is 0 Å². The van der Waals surface area contributed by atoms with E-state index in [1.54, 1.807) is 24.1 Å². The lowest BCUT2D eigenvalue weighted by Crippen LogP contribution is -2.48. The van der Waals surface area contributed by atoms with Gasteiger partial charge in [0.2, 0.25) is 5.91 Å². The first-order valence-electron chi connectivity index (χ1n) is 5.82. The highest BCUT2D eigenvalue weighted by molar-refractivity contribution is 5.97. The monoisotopic (exact) mass is 248 g/mol. The highest BCUT2D eigenvalue weighted by Crippen LogP contribution is 2.25. The van der Waals surface area contributed by atoms with Crippen LogP contribution < -0.4 is 4.90 Å². The van der Waals surface area contributed by atoms with Gasteiger partial charge in [-0.15, -0.1) is 0 Å². The Labute approximate surface area is 106 Å². The lowest BCUT2D eigenvalue weighted by Gasteiger charge is -2.33. The number of aromatic hydroxyl groups is 1. The molecule has 0 unspecified atom stereocenters. The minimum atomic E-state index is -0.173. The quantitative estimate of drug-likeness (QED) is 0.789. The fourth-order valence-corrected chi connectivity index (χ4v) is 1.99. The minimum absolute atomic E-state index is 0.0358. The summed E-state index contributed by atoms with van der Waals surface area (Å²) in [5.74, 6) is -0.156. The van der Waals surface area contributed by atoms with E-state index < -0.39 is 0 Å². The van der Waals surface area contributed by atoms with Crippen LogP contribution in [0.5, 0.6) is 5.75 Å². The van der Waals surface area contributed by atoms with Gasteiger partial charge in [-0.3, -0.25) is 9.59 Å². The average molecular weight is 248 g/mol. The Morgan fingerprint density at radius 3 is 2.61 bits per heavy atom. The van der Waals surface area contributed by atoms with Gasteiger partial charge >= 0.3 is 0 Å². The van der Waals surface area contributed by atoms with Gasteiger partial charge in [0.1, 0.15) is 5.75 Å². The number of piperazine rings is 1. The molecule has 5 nitrogen and oxygen atoms in total. The molecule has 96 valence electrons. The first kappa shape index (κ1) is 12.4. The van der Waals surface area contributed by atoms with E-state index in [2.05, 4.69) is 0 Å². The second-order valence-corrected chi connectivity index (χ2v) is 4.49. The Hall–Kier alpha value is -2.04. The van der Waals surface area contributed by atoms with Gasteiger partial charge in [-0.2, -0.15) is 0 Å². The van der Waals surface area contributed by atoms with Crippen molar-refractivity contribution in [3.8, 4) is 5.75 Å². The van der Waals surface area contributed by atoms with Crippen LogP contribution in [-0.2, 0) is 4.79 Å². The highest BCUT2D eigenvalue weighted by atomic mass is 16.3. The van der Waals surface area contributed by atoms with Crippen molar-refractivity contribution in [3.05, 3.63) is 23.8 Å². The Balaban J connectivity index is 2.22. The van der Waals surface area contributed by atoms with E-state index in [-0.39, 0.29) is 17.4 Å². The normalized spacial score (nSPS) is 16.0. The fourth-order valence-electron chi connectivity index (χ4n) is 1.99. The van der Waals surface area contributed by atoms with Crippen LogP contribution >= 0.6 is 0 Å². The van der Waals surface area contributed by atoms with Gasteiger partial charge in [0.15, 0.2) is 5.78 Å². The molecule has 0 aliphatic carbocycles. The third-order valence-electron chi connectivity index (χ3n) is 3.18. The number of carbonyl (C=O) groups excluding carboxylic acids is 2. The molecule has 1 aromatic carbocycles. The second kappa shape index (κ2) is 4.68. The minimum Gasteiger partial charge on any atom is -0.507 e. The van der Waals surface area contributed by atoms with Gasteiger partial charge in [-0.05, 0) is 19.1 Å². The summed E-state index contributed by atoms with van der Waals surface area (Å²) in [6.45, 7) is 3.10. The zero-order valence-corrected chi connectivity index (χ0v) is 10.5. The van der Waals surface area contributed by atoms with Crippen LogP contribution in [0.2, 0.25) is 0 Å². The number of nitrogens with zero attached hydrogens (tertiary/aromatic N) is 2. The van der Waals surface area contributed by atoms with Crippen LogP contribution in [-0.4, -0.2) is 48.4 Å². The van der Waals surface area contributed by atoms with E-state index >= 15 is 0 Å². The van der Waals surface area contributed by atoms with Gasteiger partial charge in [0.05, 0.1) is 12.1 Å². The van der Waals surface area contributed by atoms with E-state index in [4.69, 9.17) is 0 Å². The molecule has 1 aliphatic rings. The smallest absolute Gasteiger partial charge is 0.241 e. The first-order valence-corrected chi connectivity index (χ1v) is 5.82. The first-order chi connectivity index (χ1) is 8.49. The average Bonchev–Trinajstić information content (AvgIpc) is 2.32. The number of rotatable bonds is 2. The maximum absolute atomic E-state index is 11.6. The van der Waals surface area contributed by atoms with Gasteiger partial charge in [0, 0.05) is 31.9 Å². The second-order valence-electron chi connectivity index (χ2n) is 4.49. The van der Waals surface area contributed by atoms with Crippen LogP contribution in [0.15, 0.2) is 18.2 Å². The molecule has 5 heteroatoms. The molecule has 1 amide bonds. The zero-order valence-electron chi connectivity index (χ0n) is 10.5. The summed E-state index contributed by atoms with van der Waals surface area (Å²) in [5.41, 5.74) is 1.07.